The zero-order valence-corrected chi connectivity index (χ0v) is 12.8. The molecule has 0 aliphatic carbocycles. The number of thioether (sulfide) groups is 1. The second kappa shape index (κ2) is 6.95. The molecule has 20 heavy (non-hydrogen) atoms. The molecule has 1 heterocycles. The van der Waals surface area contributed by atoms with Gasteiger partial charge in [0.15, 0.2) is 0 Å². The zero-order valence-electron chi connectivity index (χ0n) is 12.0. The van der Waals surface area contributed by atoms with Crippen LogP contribution in [0.1, 0.15) is 18.9 Å². The van der Waals surface area contributed by atoms with Gasteiger partial charge in [0.25, 0.3) is 0 Å². The Bertz CT molecular complexity index is 482. The highest BCUT2D eigenvalue weighted by atomic mass is 32.2. The first kappa shape index (κ1) is 15.1. The Labute approximate surface area is 124 Å². The fourth-order valence-electron chi connectivity index (χ4n) is 2.37. The van der Waals surface area contributed by atoms with Crippen LogP contribution in [0.15, 0.2) is 35.2 Å². The Hall–Kier alpha value is -1.26. The highest BCUT2D eigenvalue weighted by Crippen LogP contribution is 2.20. The number of likely N-dealkylation sites (tertiary alicyclic amines) is 1. The number of aliphatic hydroxyl groups excluding tert-OH is 1. The molecule has 4 heteroatoms. The molecule has 0 aromatic heterocycles. The number of nitrogens with zero attached hydrogens (tertiary/aromatic N) is 1. The van der Waals surface area contributed by atoms with Crippen LogP contribution in [-0.4, -0.2) is 41.4 Å². The van der Waals surface area contributed by atoms with E-state index in [4.69, 9.17) is 0 Å². The van der Waals surface area contributed by atoms with Gasteiger partial charge in [0.05, 0.1) is 6.10 Å². The molecule has 2 unspecified atom stereocenters. The maximum Gasteiger partial charge on any atom is 0.246 e. The van der Waals surface area contributed by atoms with Crippen LogP contribution in [-0.2, 0) is 4.79 Å². The van der Waals surface area contributed by atoms with Crippen molar-refractivity contribution in [3.05, 3.63) is 35.9 Å². The maximum absolute atomic E-state index is 12.1. The summed E-state index contributed by atoms with van der Waals surface area (Å²) in [6.45, 7) is 3.19. The molecule has 0 radical (unpaired) electrons. The quantitative estimate of drug-likeness (QED) is 0.685. The number of amides is 1. The van der Waals surface area contributed by atoms with Crippen molar-refractivity contribution in [2.24, 2.45) is 5.92 Å². The predicted molar refractivity (Wildman–Crippen MR) is 83.6 cm³/mol. The summed E-state index contributed by atoms with van der Waals surface area (Å²) < 4.78 is 0. The molecule has 0 bridgehead atoms. The fourth-order valence-corrected chi connectivity index (χ4v) is 2.78. The van der Waals surface area contributed by atoms with Gasteiger partial charge in [-0.15, -0.1) is 11.8 Å². The molecule has 1 aromatic rings. The molecule has 3 nitrogen and oxygen atoms in total. The van der Waals surface area contributed by atoms with Crippen molar-refractivity contribution in [1.82, 2.24) is 4.90 Å². The lowest BCUT2D eigenvalue weighted by Gasteiger charge is -2.15. The molecule has 108 valence electrons. The van der Waals surface area contributed by atoms with E-state index in [1.807, 2.05) is 41.5 Å². The Morgan fingerprint density at radius 1 is 1.45 bits per heavy atom. The topological polar surface area (TPSA) is 40.5 Å². The normalized spacial score (nSPS) is 20.6. The van der Waals surface area contributed by atoms with Crippen LogP contribution >= 0.6 is 11.8 Å². The zero-order chi connectivity index (χ0) is 14.5. The van der Waals surface area contributed by atoms with Gasteiger partial charge in [-0.3, -0.25) is 4.79 Å². The van der Waals surface area contributed by atoms with Crippen molar-refractivity contribution in [2.45, 2.75) is 24.3 Å². The van der Waals surface area contributed by atoms with E-state index in [1.54, 1.807) is 24.8 Å². The molecule has 0 spiro atoms. The lowest BCUT2D eigenvalue weighted by Crippen LogP contribution is -2.28. The highest BCUT2D eigenvalue weighted by molar-refractivity contribution is 7.98. The summed E-state index contributed by atoms with van der Waals surface area (Å²) in [7, 11) is 0. The third kappa shape index (κ3) is 3.87. The molecule has 0 saturated carbocycles. The minimum atomic E-state index is -0.337. The third-order valence-electron chi connectivity index (χ3n) is 3.75. The van der Waals surface area contributed by atoms with Gasteiger partial charge >= 0.3 is 0 Å². The molecule has 1 aliphatic rings. The maximum atomic E-state index is 12.1. The number of carbonyl (C=O) groups is 1. The van der Waals surface area contributed by atoms with E-state index < -0.39 is 0 Å². The second-order valence-corrected chi connectivity index (χ2v) is 6.06. The third-order valence-corrected chi connectivity index (χ3v) is 4.50. The van der Waals surface area contributed by atoms with Gasteiger partial charge in [-0.2, -0.15) is 0 Å². The molecular weight excluding hydrogens is 270 g/mol. The van der Waals surface area contributed by atoms with E-state index in [1.165, 1.54) is 4.90 Å². The van der Waals surface area contributed by atoms with Gasteiger partial charge in [0.1, 0.15) is 0 Å². The Balaban J connectivity index is 1.92. The van der Waals surface area contributed by atoms with Crippen molar-refractivity contribution in [2.75, 3.05) is 19.3 Å². The summed E-state index contributed by atoms with van der Waals surface area (Å²) in [5, 5.41) is 9.55. The smallest absolute Gasteiger partial charge is 0.246 e. The average molecular weight is 291 g/mol. The number of hydrogen-bond acceptors (Lipinski definition) is 3. The number of hydrogen-bond donors (Lipinski definition) is 1. The second-order valence-electron chi connectivity index (χ2n) is 5.18. The SMILES string of the molecule is CSc1ccc(/C=C/C(=O)N2CCC(C(C)O)C2)cc1. The van der Waals surface area contributed by atoms with Crippen molar-refractivity contribution < 1.29 is 9.90 Å². The first-order valence-electron chi connectivity index (χ1n) is 6.89. The monoisotopic (exact) mass is 291 g/mol. The van der Waals surface area contributed by atoms with Gasteiger partial charge in [0, 0.05) is 30.0 Å². The van der Waals surface area contributed by atoms with Gasteiger partial charge < -0.3 is 10.0 Å². The van der Waals surface area contributed by atoms with E-state index in [0.29, 0.717) is 6.54 Å². The van der Waals surface area contributed by atoms with Crippen LogP contribution in [0.5, 0.6) is 0 Å². The Morgan fingerprint density at radius 2 is 2.15 bits per heavy atom. The lowest BCUT2D eigenvalue weighted by molar-refractivity contribution is -0.125. The molecular formula is C16H21NO2S. The van der Waals surface area contributed by atoms with Crippen molar-refractivity contribution >= 4 is 23.7 Å². The van der Waals surface area contributed by atoms with Crippen molar-refractivity contribution in [3.63, 3.8) is 0 Å². The summed E-state index contributed by atoms with van der Waals surface area (Å²) in [6.07, 6.45) is 6.07. The predicted octanol–water partition coefficient (Wildman–Crippen LogP) is 2.65. The molecule has 1 saturated heterocycles. The van der Waals surface area contributed by atoms with Gasteiger partial charge in [0.2, 0.25) is 5.91 Å². The molecule has 1 N–H and O–H groups in total. The first-order chi connectivity index (χ1) is 9.60. The van der Waals surface area contributed by atoms with Gasteiger partial charge in [-0.25, -0.2) is 0 Å². The number of aliphatic hydroxyl groups is 1. The molecule has 1 aromatic carbocycles. The summed E-state index contributed by atoms with van der Waals surface area (Å²) in [5.41, 5.74) is 1.03. The van der Waals surface area contributed by atoms with Crippen LogP contribution in [0.4, 0.5) is 0 Å². The fraction of sp³-hybridized carbons (Fsp3) is 0.438. The van der Waals surface area contributed by atoms with Crippen LogP contribution in [0.25, 0.3) is 6.08 Å². The van der Waals surface area contributed by atoms with Crippen LogP contribution in [0.2, 0.25) is 0 Å². The minimum absolute atomic E-state index is 0.0297. The van der Waals surface area contributed by atoms with Crippen LogP contribution in [0.3, 0.4) is 0 Å². The lowest BCUT2D eigenvalue weighted by atomic mass is 10.0. The standard InChI is InChI=1S/C16H21NO2S/c1-12(18)14-9-10-17(11-14)16(19)8-5-13-3-6-15(20-2)7-4-13/h3-8,12,14,18H,9-11H2,1-2H3/b8-5+. The molecule has 1 fully saturated rings. The van der Waals surface area contributed by atoms with Crippen LogP contribution in [0, 0.1) is 5.92 Å². The number of carbonyl (C=O) groups excluding carboxylic acids is 1. The average Bonchev–Trinajstić information content (AvgIpc) is 2.95. The van der Waals surface area contributed by atoms with Crippen molar-refractivity contribution in [1.29, 1.82) is 0 Å². The summed E-state index contributed by atoms with van der Waals surface area (Å²) in [4.78, 5) is 15.1. The van der Waals surface area contributed by atoms with E-state index in [2.05, 4.69) is 0 Å². The largest absolute Gasteiger partial charge is 0.393 e. The molecule has 2 rings (SSSR count). The minimum Gasteiger partial charge on any atom is -0.393 e. The summed E-state index contributed by atoms with van der Waals surface area (Å²) >= 11 is 1.70. The van der Waals surface area contributed by atoms with Gasteiger partial charge in [-0.05, 0) is 43.4 Å². The van der Waals surface area contributed by atoms with Crippen molar-refractivity contribution in [3.8, 4) is 0 Å². The van der Waals surface area contributed by atoms with E-state index in [-0.39, 0.29) is 17.9 Å². The molecule has 1 amide bonds. The Morgan fingerprint density at radius 3 is 2.70 bits per heavy atom. The summed E-state index contributed by atoms with van der Waals surface area (Å²) in [6, 6.07) is 8.12. The summed E-state index contributed by atoms with van der Waals surface area (Å²) in [5.74, 6) is 0.246. The Kier molecular flexibility index (Phi) is 5.26. The van der Waals surface area contributed by atoms with E-state index in [9.17, 15) is 9.90 Å². The molecule has 2 atom stereocenters. The van der Waals surface area contributed by atoms with E-state index >= 15 is 0 Å². The van der Waals surface area contributed by atoms with E-state index in [0.717, 1.165) is 18.5 Å². The highest BCUT2D eigenvalue weighted by Gasteiger charge is 2.27. The number of benzene rings is 1. The van der Waals surface area contributed by atoms with Gasteiger partial charge in [-0.1, -0.05) is 12.1 Å². The van der Waals surface area contributed by atoms with Crippen LogP contribution < -0.4 is 0 Å². The number of rotatable bonds is 4. The first-order valence-corrected chi connectivity index (χ1v) is 8.11. The molecule has 1 aliphatic heterocycles.